The van der Waals surface area contributed by atoms with Gasteiger partial charge >= 0.3 is 0 Å². The maximum Gasteiger partial charge on any atom is 0.268 e. The molecule has 0 radical (unpaired) electrons. The summed E-state index contributed by atoms with van der Waals surface area (Å²) in [6.45, 7) is 0. The molecular weight excluding hydrogens is 263 g/mol. The van der Waals surface area contributed by atoms with Gasteiger partial charge in [0.2, 0.25) is 5.75 Å². The van der Waals surface area contributed by atoms with Gasteiger partial charge in [0.25, 0.3) is 5.88 Å². The van der Waals surface area contributed by atoms with Gasteiger partial charge in [-0.2, -0.15) is 10.2 Å². The first-order valence-corrected chi connectivity index (χ1v) is 5.63. The van der Waals surface area contributed by atoms with E-state index in [9.17, 15) is 4.39 Å². The zero-order chi connectivity index (χ0) is 14.5. The molecule has 0 aliphatic heterocycles. The minimum atomic E-state index is -0.657. The van der Waals surface area contributed by atoms with Gasteiger partial charge in [-0.05, 0) is 18.2 Å². The monoisotopic (exact) mass is 274 g/mol. The second kappa shape index (κ2) is 5.84. The molecule has 0 amide bonds. The Labute approximate surface area is 114 Å². The first kappa shape index (κ1) is 13.5. The third-order valence-electron chi connectivity index (χ3n) is 2.48. The van der Waals surface area contributed by atoms with Gasteiger partial charge in [0.05, 0.1) is 18.7 Å². The fraction of sp³-hybridized carbons (Fsp3) is 0.154. The van der Waals surface area contributed by atoms with Crippen molar-refractivity contribution in [3.8, 4) is 23.4 Å². The molecule has 102 valence electrons. The van der Waals surface area contributed by atoms with Gasteiger partial charge in [0, 0.05) is 7.05 Å². The molecule has 0 aliphatic rings. The molecule has 0 aliphatic carbocycles. The Morgan fingerprint density at radius 3 is 2.75 bits per heavy atom. The van der Waals surface area contributed by atoms with E-state index in [0.717, 1.165) is 6.07 Å². The van der Waals surface area contributed by atoms with Crippen molar-refractivity contribution >= 4 is 5.82 Å². The smallest absolute Gasteiger partial charge is 0.268 e. The molecule has 2 rings (SSSR count). The maximum atomic E-state index is 13.8. The summed E-state index contributed by atoms with van der Waals surface area (Å²) in [5.41, 5.74) is 0.209. The number of anilines is 1. The molecule has 1 aromatic carbocycles. The third-order valence-corrected chi connectivity index (χ3v) is 2.48. The summed E-state index contributed by atoms with van der Waals surface area (Å²) < 4.78 is 24.3. The Bertz CT molecular complexity index is 670. The van der Waals surface area contributed by atoms with E-state index < -0.39 is 5.82 Å². The first-order valence-electron chi connectivity index (χ1n) is 5.63. The molecule has 1 heterocycles. The molecule has 0 fully saturated rings. The predicted molar refractivity (Wildman–Crippen MR) is 69.3 cm³/mol. The zero-order valence-corrected chi connectivity index (χ0v) is 10.8. The van der Waals surface area contributed by atoms with Crippen molar-refractivity contribution in [3.05, 3.63) is 35.9 Å². The second-order valence-corrected chi connectivity index (χ2v) is 3.67. The van der Waals surface area contributed by atoms with E-state index in [0.29, 0.717) is 5.82 Å². The Balaban J connectivity index is 2.38. The summed E-state index contributed by atoms with van der Waals surface area (Å²) in [5.74, 6) is 0.0551. The standard InChI is InChI=1S/C13H11FN4O2/c1-16-12-11(19-2)13(18-7-17-12)20-10-4-3-8(6-15)5-9(10)14/h3-5,7H,1-2H3,(H,16,17,18). The normalized spacial score (nSPS) is 9.70. The van der Waals surface area contributed by atoms with Gasteiger partial charge in [0.1, 0.15) is 6.33 Å². The van der Waals surface area contributed by atoms with E-state index in [1.165, 1.54) is 25.6 Å². The van der Waals surface area contributed by atoms with Gasteiger partial charge in [0.15, 0.2) is 17.4 Å². The van der Waals surface area contributed by atoms with Crippen molar-refractivity contribution in [2.45, 2.75) is 0 Å². The van der Waals surface area contributed by atoms with Crippen LogP contribution in [0.1, 0.15) is 5.56 Å². The first-order chi connectivity index (χ1) is 9.69. The van der Waals surface area contributed by atoms with Crippen LogP contribution in [0, 0.1) is 17.1 Å². The van der Waals surface area contributed by atoms with Crippen LogP contribution in [-0.2, 0) is 0 Å². The largest absolute Gasteiger partial charge is 0.489 e. The van der Waals surface area contributed by atoms with Crippen LogP contribution < -0.4 is 14.8 Å². The number of nitrogens with zero attached hydrogens (tertiary/aromatic N) is 3. The highest BCUT2D eigenvalue weighted by atomic mass is 19.1. The fourth-order valence-electron chi connectivity index (χ4n) is 1.55. The highest BCUT2D eigenvalue weighted by molar-refractivity contribution is 5.55. The van der Waals surface area contributed by atoms with E-state index in [4.69, 9.17) is 14.7 Å². The molecule has 6 nitrogen and oxygen atoms in total. The number of aromatic nitrogens is 2. The minimum absolute atomic E-state index is 0.0527. The van der Waals surface area contributed by atoms with Crippen LogP contribution in [0.5, 0.6) is 17.4 Å². The van der Waals surface area contributed by atoms with Gasteiger partial charge in [-0.3, -0.25) is 0 Å². The number of hydrogen-bond donors (Lipinski definition) is 1. The lowest BCUT2D eigenvalue weighted by molar-refractivity contribution is 0.360. The molecule has 0 unspecified atom stereocenters. The number of nitriles is 1. The quantitative estimate of drug-likeness (QED) is 0.921. The van der Waals surface area contributed by atoms with Crippen molar-refractivity contribution in [2.75, 3.05) is 19.5 Å². The SMILES string of the molecule is CNc1ncnc(Oc2ccc(C#N)cc2F)c1OC. The Morgan fingerprint density at radius 1 is 1.35 bits per heavy atom. The number of benzene rings is 1. The van der Waals surface area contributed by atoms with Gasteiger partial charge in [-0.15, -0.1) is 0 Å². The van der Waals surface area contributed by atoms with Crippen LogP contribution in [0.2, 0.25) is 0 Å². The fourth-order valence-corrected chi connectivity index (χ4v) is 1.55. The van der Waals surface area contributed by atoms with Gasteiger partial charge < -0.3 is 14.8 Å². The summed E-state index contributed by atoms with van der Waals surface area (Å²) in [5, 5.41) is 11.5. The van der Waals surface area contributed by atoms with Crippen molar-refractivity contribution in [2.24, 2.45) is 0 Å². The molecule has 1 N–H and O–H groups in total. The molecule has 1 aromatic heterocycles. The molecule has 0 atom stereocenters. The van der Waals surface area contributed by atoms with Crippen molar-refractivity contribution in [1.82, 2.24) is 9.97 Å². The molecule has 0 saturated carbocycles. The molecule has 20 heavy (non-hydrogen) atoms. The average molecular weight is 274 g/mol. The number of nitrogens with one attached hydrogen (secondary N) is 1. The van der Waals surface area contributed by atoms with Gasteiger partial charge in [-0.1, -0.05) is 0 Å². The Morgan fingerprint density at radius 2 is 2.15 bits per heavy atom. The van der Waals surface area contributed by atoms with E-state index in [1.54, 1.807) is 7.05 Å². The van der Waals surface area contributed by atoms with Crippen molar-refractivity contribution < 1.29 is 13.9 Å². The highest BCUT2D eigenvalue weighted by Crippen LogP contribution is 2.34. The molecular formula is C13H11FN4O2. The lowest BCUT2D eigenvalue weighted by Crippen LogP contribution is -2.01. The van der Waals surface area contributed by atoms with Crippen LogP contribution in [-0.4, -0.2) is 24.1 Å². The van der Waals surface area contributed by atoms with E-state index >= 15 is 0 Å². The van der Waals surface area contributed by atoms with Gasteiger partial charge in [-0.25, -0.2) is 9.37 Å². The van der Waals surface area contributed by atoms with Crippen LogP contribution >= 0.6 is 0 Å². The predicted octanol–water partition coefficient (Wildman–Crippen LogP) is 2.33. The maximum absolute atomic E-state index is 13.8. The average Bonchev–Trinajstić information content (AvgIpc) is 2.48. The summed E-state index contributed by atoms with van der Waals surface area (Å²) in [6, 6.07) is 5.73. The Kier molecular flexibility index (Phi) is 3.96. The second-order valence-electron chi connectivity index (χ2n) is 3.67. The summed E-state index contributed by atoms with van der Waals surface area (Å²) in [4.78, 5) is 7.86. The molecule has 0 spiro atoms. The topological polar surface area (TPSA) is 80.1 Å². The van der Waals surface area contributed by atoms with Crippen molar-refractivity contribution in [1.29, 1.82) is 5.26 Å². The third kappa shape index (κ3) is 2.59. The van der Waals surface area contributed by atoms with Crippen molar-refractivity contribution in [3.63, 3.8) is 0 Å². The number of rotatable bonds is 4. The number of hydrogen-bond acceptors (Lipinski definition) is 6. The van der Waals surface area contributed by atoms with Crippen LogP contribution in [0.25, 0.3) is 0 Å². The summed E-state index contributed by atoms with van der Waals surface area (Å²) in [6.07, 6.45) is 1.27. The summed E-state index contributed by atoms with van der Waals surface area (Å²) in [7, 11) is 3.10. The molecule has 0 bridgehead atoms. The number of halogens is 1. The van der Waals surface area contributed by atoms with Crippen LogP contribution in [0.15, 0.2) is 24.5 Å². The molecule has 2 aromatic rings. The van der Waals surface area contributed by atoms with E-state index in [2.05, 4.69) is 15.3 Å². The highest BCUT2D eigenvalue weighted by Gasteiger charge is 2.15. The molecule has 0 saturated heterocycles. The molecule has 7 heteroatoms. The minimum Gasteiger partial charge on any atom is -0.489 e. The number of ether oxygens (including phenoxy) is 2. The van der Waals surface area contributed by atoms with Crippen LogP contribution in [0.4, 0.5) is 10.2 Å². The lowest BCUT2D eigenvalue weighted by Gasteiger charge is -2.12. The van der Waals surface area contributed by atoms with Crippen LogP contribution in [0.3, 0.4) is 0 Å². The zero-order valence-electron chi connectivity index (χ0n) is 10.8. The lowest BCUT2D eigenvalue weighted by atomic mass is 10.2. The van der Waals surface area contributed by atoms with E-state index in [-0.39, 0.29) is 22.9 Å². The van der Waals surface area contributed by atoms with E-state index in [1.807, 2.05) is 6.07 Å². The Hall–Kier alpha value is -2.88. The number of methoxy groups -OCH3 is 1. The summed E-state index contributed by atoms with van der Waals surface area (Å²) >= 11 is 0.